The van der Waals surface area contributed by atoms with Crippen molar-refractivity contribution < 1.29 is 19.1 Å². The summed E-state index contributed by atoms with van der Waals surface area (Å²) in [6, 6.07) is 7.34. The standard InChI is InChI=1S/C20H31N3O4.ClH/c1-14(2)18(21)19(25)22-12-17(24)23-13-20(8-10-27-11-9-20)15-4-6-16(26-3)7-5-15;/h4-7,14,18H,8-13,21H2,1-3H3,(H,22,25)(H,23,24);1H/t18-;/m0./s1. The third kappa shape index (κ3) is 6.36. The van der Waals surface area contributed by atoms with Gasteiger partial charge in [0.1, 0.15) is 5.75 Å². The fourth-order valence-electron chi connectivity index (χ4n) is 3.19. The van der Waals surface area contributed by atoms with E-state index >= 15 is 0 Å². The third-order valence-electron chi connectivity index (χ3n) is 5.22. The molecule has 0 bridgehead atoms. The van der Waals surface area contributed by atoms with E-state index in [0.29, 0.717) is 19.8 Å². The Hall–Kier alpha value is -1.83. The Morgan fingerprint density at radius 2 is 1.79 bits per heavy atom. The van der Waals surface area contributed by atoms with Crippen LogP contribution in [0.1, 0.15) is 32.3 Å². The van der Waals surface area contributed by atoms with E-state index in [2.05, 4.69) is 10.6 Å². The van der Waals surface area contributed by atoms with Crippen molar-refractivity contribution in [3.8, 4) is 5.75 Å². The van der Waals surface area contributed by atoms with Crippen LogP contribution in [0.2, 0.25) is 0 Å². The minimum atomic E-state index is -0.612. The van der Waals surface area contributed by atoms with Crippen LogP contribution < -0.4 is 21.1 Å². The maximum atomic E-state index is 12.2. The number of nitrogens with two attached hydrogens (primary N) is 1. The van der Waals surface area contributed by atoms with Gasteiger partial charge in [0.15, 0.2) is 0 Å². The Bertz CT molecular complexity index is 631. The normalized spacial score (nSPS) is 16.6. The van der Waals surface area contributed by atoms with E-state index in [4.69, 9.17) is 15.2 Å². The number of rotatable bonds is 8. The lowest BCUT2D eigenvalue weighted by Crippen LogP contribution is -2.49. The van der Waals surface area contributed by atoms with Gasteiger partial charge < -0.3 is 25.8 Å². The van der Waals surface area contributed by atoms with E-state index in [1.807, 2.05) is 38.1 Å². The minimum absolute atomic E-state index is 0. The monoisotopic (exact) mass is 413 g/mol. The van der Waals surface area contributed by atoms with E-state index in [9.17, 15) is 9.59 Å². The largest absolute Gasteiger partial charge is 0.497 e. The van der Waals surface area contributed by atoms with E-state index in [0.717, 1.165) is 24.2 Å². The molecule has 1 fully saturated rings. The van der Waals surface area contributed by atoms with Crippen LogP contribution in [0.5, 0.6) is 5.75 Å². The molecule has 2 amide bonds. The first-order valence-electron chi connectivity index (χ1n) is 9.40. The SMILES string of the molecule is COc1ccc(C2(CNC(=O)CNC(=O)[C@@H](N)C(C)C)CCOCC2)cc1.Cl. The molecular formula is C20H32ClN3O4. The van der Waals surface area contributed by atoms with Crippen molar-refractivity contribution in [2.75, 3.05) is 33.4 Å². The Morgan fingerprint density at radius 3 is 2.32 bits per heavy atom. The van der Waals surface area contributed by atoms with Crippen molar-refractivity contribution >= 4 is 24.2 Å². The zero-order chi connectivity index (χ0) is 19.9. The maximum absolute atomic E-state index is 12.2. The van der Waals surface area contributed by atoms with Crippen molar-refractivity contribution in [2.24, 2.45) is 11.7 Å². The van der Waals surface area contributed by atoms with Crippen LogP contribution in [0.3, 0.4) is 0 Å². The first-order valence-corrected chi connectivity index (χ1v) is 9.40. The van der Waals surface area contributed by atoms with Crippen LogP contribution in [0.15, 0.2) is 24.3 Å². The lowest BCUT2D eigenvalue weighted by molar-refractivity contribution is -0.127. The van der Waals surface area contributed by atoms with Crippen LogP contribution in [0.25, 0.3) is 0 Å². The minimum Gasteiger partial charge on any atom is -0.497 e. The summed E-state index contributed by atoms with van der Waals surface area (Å²) in [6.07, 6.45) is 1.65. The molecule has 1 heterocycles. The molecule has 1 aliphatic rings. The number of hydrogen-bond donors (Lipinski definition) is 3. The Morgan fingerprint density at radius 1 is 1.18 bits per heavy atom. The van der Waals surface area contributed by atoms with Gasteiger partial charge in [0.05, 0.1) is 19.7 Å². The summed E-state index contributed by atoms with van der Waals surface area (Å²) >= 11 is 0. The summed E-state index contributed by atoms with van der Waals surface area (Å²) < 4.78 is 10.8. The van der Waals surface area contributed by atoms with Gasteiger partial charge in [0.2, 0.25) is 11.8 Å². The van der Waals surface area contributed by atoms with Gasteiger partial charge in [-0.1, -0.05) is 26.0 Å². The molecule has 0 saturated carbocycles. The number of amides is 2. The molecule has 158 valence electrons. The van der Waals surface area contributed by atoms with E-state index in [1.54, 1.807) is 7.11 Å². The zero-order valence-corrected chi connectivity index (χ0v) is 17.6. The van der Waals surface area contributed by atoms with Crippen LogP contribution in [-0.2, 0) is 19.7 Å². The average molecular weight is 414 g/mol. The Labute approximate surface area is 173 Å². The number of benzene rings is 1. The summed E-state index contributed by atoms with van der Waals surface area (Å²) in [7, 11) is 1.64. The number of carbonyl (C=O) groups is 2. The summed E-state index contributed by atoms with van der Waals surface area (Å²) in [6.45, 7) is 5.47. The fourth-order valence-corrected chi connectivity index (χ4v) is 3.19. The fraction of sp³-hybridized carbons (Fsp3) is 0.600. The van der Waals surface area contributed by atoms with E-state index in [-0.39, 0.29) is 42.1 Å². The molecule has 1 aliphatic heterocycles. The molecule has 8 heteroatoms. The Balaban J connectivity index is 0.00000392. The summed E-state index contributed by atoms with van der Waals surface area (Å²) in [5.74, 6) is 0.289. The third-order valence-corrected chi connectivity index (χ3v) is 5.22. The van der Waals surface area contributed by atoms with Crippen molar-refractivity contribution in [3.05, 3.63) is 29.8 Å². The average Bonchev–Trinajstić information content (AvgIpc) is 2.70. The molecule has 1 aromatic carbocycles. The highest BCUT2D eigenvalue weighted by molar-refractivity contribution is 5.87. The topological polar surface area (TPSA) is 103 Å². The maximum Gasteiger partial charge on any atom is 0.239 e. The molecule has 1 aromatic rings. The number of halogens is 1. The predicted octanol–water partition coefficient (Wildman–Crippen LogP) is 1.38. The molecule has 0 aliphatic carbocycles. The van der Waals surface area contributed by atoms with Crippen LogP contribution in [-0.4, -0.2) is 51.3 Å². The molecule has 1 saturated heterocycles. The van der Waals surface area contributed by atoms with E-state index in [1.165, 1.54) is 0 Å². The van der Waals surface area contributed by atoms with Gasteiger partial charge in [-0.3, -0.25) is 9.59 Å². The summed E-state index contributed by atoms with van der Waals surface area (Å²) in [5, 5.41) is 5.56. The van der Waals surface area contributed by atoms with Crippen LogP contribution in [0.4, 0.5) is 0 Å². The van der Waals surface area contributed by atoms with Crippen molar-refractivity contribution in [1.82, 2.24) is 10.6 Å². The van der Waals surface area contributed by atoms with Gasteiger partial charge in [-0.25, -0.2) is 0 Å². The van der Waals surface area contributed by atoms with Gasteiger partial charge in [0, 0.05) is 25.2 Å². The number of carbonyl (C=O) groups excluding carboxylic acids is 2. The van der Waals surface area contributed by atoms with Gasteiger partial charge in [-0.2, -0.15) is 0 Å². The van der Waals surface area contributed by atoms with Crippen molar-refractivity contribution in [2.45, 2.75) is 38.1 Å². The summed E-state index contributed by atoms with van der Waals surface area (Å²) in [5.41, 5.74) is 6.76. The smallest absolute Gasteiger partial charge is 0.239 e. The van der Waals surface area contributed by atoms with Crippen LogP contribution in [0, 0.1) is 5.92 Å². The van der Waals surface area contributed by atoms with E-state index < -0.39 is 6.04 Å². The first kappa shape index (κ1) is 24.2. The van der Waals surface area contributed by atoms with Gasteiger partial charge in [-0.05, 0) is 36.5 Å². The van der Waals surface area contributed by atoms with Gasteiger partial charge >= 0.3 is 0 Å². The van der Waals surface area contributed by atoms with Gasteiger partial charge in [0.25, 0.3) is 0 Å². The van der Waals surface area contributed by atoms with Crippen LogP contribution >= 0.6 is 12.4 Å². The first-order chi connectivity index (χ1) is 12.9. The highest BCUT2D eigenvalue weighted by atomic mass is 35.5. The molecule has 0 spiro atoms. The number of ether oxygens (including phenoxy) is 2. The molecular weight excluding hydrogens is 382 g/mol. The predicted molar refractivity (Wildman–Crippen MR) is 111 cm³/mol. The lowest BCUT2D eigenvalue weighted by atomic mass is 9.74. The molecule has 28 heavy (non-hydrogen) atoms. The van der Waals surface area contributed by atoms with Crippen molar-refractivity contribution in [3.63, 3.8) is 0 Å². The number of hydrogen-bond acceptors (Lipinski definition) is 5. The molecule has 0 radical (unpaired) electrons. The second-order valence-electron chi connectivity index (χ2n) is 7.39. The molecule has 2 rings (SSSR count). The molecule has 7 nitrogen and oxygen atoms in total. The highest BCUT2D eigenvalue weighted by Gasteiger charge is 2.35. The molecule has 1 atom stereocenters. The molecule has 4 N–H and O–H groups in total. The second-order valence-corrected chi connectivity index (χ2v) is 7.39. The second kappa shape index (κ2) is 11.2. The zero-order valence-electron chi connectivity index (χ0n) is 16.8. The quantitative estimate of drug-likeness (QED) is 0.597. The lowest BCUT2D eigenvalue weighted by Gasteiger charge is -2.38. The number of nitrogens with one attached hydrogen (secondary N) is 2. The molecule has 0 unspecified atom stereocenters. The Kier molecular flexibility index (Phi) is 9.72. The van der Waals surface area contributed by atoms with Gasteiger partial charge in [-0.15, -0.1) is 12.4 Å². The van der Waals surface area contributed by atoms with Crippen molar-refractivity contribution in [1.29, 1.82) is 0 Å². The highest BCUT2D eigenvalue weighted by Crippen LogP contribution is 2.35. The number of methoxy groups -OCH3 is 1. The summed E-state index contributed by atoms with van der Waals surface area (Å²) in [4.78, 5) is 24.1. The molecule has 0 aromatic heterocycles.